The van der Waals surface area contributed by atoms with Crippen molar-refractivity contribution in [2.45, 2.75) is 19.8 Å². The zero-order valence-electron chi connectivity index (χ0n) is 19.1. The summed E-state index contributed by atoms with van der Waals surface area (Å²) in [7, 11) is 2.81. The van der Waals surface area contributed by atoms with Crippen LogP contribution in [-0.2, 0) is 16.0 Å². The van der Waals surface area contributed by atoms with Crippen molar-refractivity contribution in [2.24, 2.45) is 0 Å². The molecule has 0 aromatic heterocycles. The molecule has 0 saturated heterocycles. The van der Waals surface area contributed by atoms with Gasteiger partial charge in [-0.05, 0) is 12.5 Å². The van der Waals surface area contributed by atoms with Crippen molar-refractivity contribution in [3.05, 3.63) is 53.6 Å². The lowest BCUT2D eigenvalue weighted by molar-refractivity contribution is -0.127. The lowest BCUT2D eigenvalue weighted by atomic mass is 10.1. The molecule has 33 heavy (non-hydrogen) atoms. The van der Waals surface area contributed by atoms with Crippen molar-refractivity contribution >= 4 is 17.6 Å². The highest BCUT2D eigenvalue weighted by Gasteiger charge is 2.18. The number of benzene rings is 2. The summed E-state index contributed by atoms with van der Waals surface area (Å²) in [5.74, 6) is 5.46. The molecule has 7 nitrogen and oxygen atoms in total. The molecule has 0 aliphatic heterocycles. The van der Waals surface area contributed by atoms with Gasteiger partial charge in [0.25, 0.3) is 0 Å². The third kappa shape index (κ3) is 7.52. The summed E-state index contributed by atoms with van der Waals surface area (Å²) < 4.78 is 16.1. The van der Waals surface area contributed by atoms with Crippen LogP contribution in [0.25, 0.3) is 0 Å². The maximum atomic E-state index is 12.6. The maximum absolute atomic E-state index is 12.6. The van der Waals surface area contributed by atoms with Crippen LogP contribution in [0.15, 0.2) is 42.5 Å². The van der Waals surface area contributed by atoms with Crippen molar-refractivity contribution in [3.63, 3.8) is 0 Å². The standard InChI is InChI=1S/C26H28N2O5/c1-5-13-27-22-19-23(31-3)24(18-21(22)26(30)32-4)33-16-10-15-28(14-6-2)25(29)17-20-11-8-7-9-12-20/h1,7-9,11-12,18-19,27H,10,13,15-17H2,2-4H3. The number of nitrogens with one attached hydrogen (secondary N) is 1. The monoisotopic (exact) mass is 448 g/mol. The molecule has 0 heterocycles. The summed E-state index contributed by atoms with van der Waals surface area (Å²) in [6.07, 6.45) is 6.11. The first-order chi connectivity index (χ1) is 16.0. The van der Waals surface area contributed by atoms with Crippen LogP contribution in [0.3, 0.4) is 0 Å². The van der Waals surface area contributed by atoms with Gasteiger partial charge in [-0.15, -0.1) is 6.42 Å². The van der Waals surface area contributed by atoms with Crippen LogP contribution in [0.2, 0.25) is 0 Å². The van der Waals surface area contributed by atoms with Gasteiger partial charge < -0.3 is 19.5 Å². The Balaban J connectivity index is 2.05. The molecule has 1 amide bonds. The van der Waals surface area contributed by atoms with Crippen molar-refractivity contribution in [1.82, 2.24) is 4.90 Å². The van der Waals surface area contributed by atoms with E-state index in [2.05, 4.69) is 23.2 Å². The number of hydrogen-bond acceptors (Lipinski definition) is 6. The normalized spacial score (nSPS) is 9.64. The Kier molecular flexibility index (Phi) is 10.2. The number of carbonyl (C=O) groups excluding carboxylic acids is 2. The predicted octanol–water partition coefficient (Wildman–Crippen LogP) is 3.35. The van der Waals surface area contributed by atoms with Crippen LogP contribution >= 0.6 is 0 Å². The smallest absolute Gasteiger partial charge is 0.340 e. The Labute approximate surface area is 195 Å². The van der Waals surface area contributed by atoms with E-state index in [1.165, 1.54) is 19.1 Å². The minimum Gasteiger partial charge on any atom is -0.493 e. The molecule has 2 rings (SSSR count). The summed E-state index contributed by atoms with van der Waals surface area (Å²) >= 11 is 0. The molecule has 0 aliphatic carbocycles. The SMILES string of the molecule is C#CCNc1cc(OC)c(OCCCN(C#CC)C(=O)Cc2ccccc2)cc1C(=O)OC. The fourth-order valence-electron chi connectivity index (χ4n) is 3.05. The van der Waals surface area contributed by atoms with Crippen molar-refractivity contribution in [1.29, 1.82) is 0 Å². The van der Waals surface area contributed by atoms with Gasteiger partial charge in [-0.2, -0.15) is 0 Å². The summed E-state index contributed by atoms with van der Waals surface area (Å²) in [6, 6.07) is 15.6. The van der Waals surface area contributed by atoms with Crippen LogP contribution in [0, 0.1) is 24.3 Å². The predicted molar refractivity (Wildman–Crippen MR) is 127 cm³/mol. The zero-order chi connectivity index (χ0) is 24.1. The van der Waals surface area contributed by atoms with E-state index in [1.54, 1.807) is 19.1 Å². The van der Waals surface area contributed by atoms with Crippen LogP contribution in [0.1, 0.15) is 29.3 Å². The number of amides is 1. The molecule has 0 fully saturated rings. The van der Waals surface area contributed by atoms with E-state index in [-0.39, 0.29) is 31.0 Å². The highest BCUT2D eigenvalue weighted by atomic mass is 16.5. The Morgan fingerprint density at radius 1 is 1.12 bits per heavy atom. The van der Waals surface area contributed by atoms with Gasteiger partial charge in [0.1, 0.15) is 0 Å². The third-order valence-corrected chi connectivity index (χ3v) is 4.62. The average Bonchev–Trinajstić information content (AvgIpc) is 2.84. The number of terminal acetylenes is 1. The van der Waals surface area contributed by atoms with Crippen LogP contribution < -0.4 is 14.8 Å². The summed E-state index contributed by atoms with van der Waals surface area (Å²) in [5, 5.41) is 2.98. The molecule has 0 saturated carbocycles. The molecular formula is C26H28N2O5. The van der Waals surface area contributed by atoms with Gasteiger partial charge in [-0.1, -0.05) is 42.2 Å². The van der Waals surface area contributed by atoms with Crippen molar-refractivity contribution in [2.75, 3.05) is 39.2 Å². The van der Waals surface area contributed by atoms with Gasteiger partial charge in [0.05, 0.1) is 45.0 Å². The first-order valence-electron chi connectivity index (χ1n) is 10.4. The van der Waals surface area contributed by atoms with E-state index >= 15 is 0 Å². The topological polar surface area (TPSA) is 77.1 Å². The van der Waals surface area contributed by atoms with Gasteiger partial charge >= 0.3 is 5.97 Å². The minimum absolute atomic E-state index is 0.0787. The number of methoxy groups -OCH3 is 2. The molecule has 0 aliphatic rings. The molecule has 0 bridgehead atoms. The number of hydrogen-bond donors (Lipinski definition) is 1. The summed E-state index contributed by atoms with van der Waals surface area (Å²) in [6.45, 7) is 2.61. The van der Waals surface area contributed by atoms with E-state index in [4.69, 9.17) is 20.6 Å². The first-order valence-corrected chi connectivity index (χ1v) is 10.4. The van der Waals surface area contributed by atoms with E-state index in [1.807, 2.05) is 30.3 Å². The Morgan fingerprint density at radius 2 is 1.88 bits per heavy atom. The minimum atomic E-state index is -0.530. The molecule has 1 N–H and O–H groups in total. The summed E-state index contributed by atoms with van der Waals surface area (Å²) in [4.78, 5) is 26.3. The first kappa shape index (κ1) is 25.2. The zero-order valence-corrected chi connectivity index (χ0v) is 19.1. The van der Waals surface area contributed by atoms with E-state index in [9.17, 15) is 9.59 Å². The second kappa shape index (κ2) is 13.3. The van der Waals surface area contributed by atoms with E-state index in [0.717, 1.165) is 5.56 Å². The molecule has 2 aromatic carbocycles. The number of carbonyl (C=O) groups is 2. The second-order valence-electron chi connectivity index (χ2n) is 6.87. The molecule has 0 spiro atoms. The number of nitrogens with zero attached hydrogens (tertiary/aromatic N) is 1. The molecule has 2 aromatic rings. The fourth-order valence-corrected chi connectivity index (χ4v) is 3.05. The van der Waals surface area contributed by atoms with E-state index < -0.39 is 5.97 Å². The van der Waals surface area contributed by atoms with Crippen LogP contribution in [0.4, 0.5) is 5.69 Å². The lowest BCUT2D eigenvalue weighted by Crippen LogP contribution is -2.29. The highest BCUT2D eigenvalue weighted by molar-refractivity contribution is 5.96. The third-order valence-electron chi connectivity index (χ3n) is 4.62. The van der Waals surface area contributed by atoms with Gasteiger partial charge in [-0.25, -0.2) is 4.79 Å². The number of anilines is 1. The van der Waals surface area contributed by atoms with Gasteiger partial charge in [0.2, 0.25) is 5.91 Å². The largest absolute Gasteiger partial charge is 0.493 e. The quantitative estimate of drug-likeness (QED) is 0.246. The molecule has 0 radical (unpaired) electrons. The molecular weight excluding hydrogens is 420 g/mol. The number of ether oxygens (including phenoxy) is 3. The van der Waals surface area contributed by atoms with Crippen LogP contribution in [0.5, 0.6) is 11.5 Å². The number of rotatable bonds is 11. The fraction of sp³-hybridized carbons (Fsp3) is 0.308. The molecule has 172 valence electrons. The van der Waals surface area contributed by atoms with Gasteiger partial charge in [-0.3, -0.25) is 9.69 Å². The Hall–Kier alpha value is -4.10. The van der Waals surface area contributed by atoms with Crippen molar-refractivity contribution < 1.29 is 23.8 Å². The second-order valence-corrected chi connectivity index (χ2v) is 6.87. The average molecular weight is 449 g/mol. The van der Waals surface area contributed by atoms with E-state index in [0.29, 0.717) is 30.2 Å². The molecule has 0 unspecified atom stereocenters. The van der Waals surface area contributed by atoms with Crippen molar-refractivity contribution in [3.8, 4) is 35.8 Å². The molecule has 7 heteroatoms. The molecule has 0 atom stereocenters. The van der Waals surface area contributed by atoms with Gasteiger partial charge in [0, 0.05) is 31.1 Å². The number of esters is 1. The summed E-state index contributed by atoms with van der Waals surface area (Å²) in [5.41, 5.74) is 1.69. The lowest BCUT2D eigenvalue weighted by Gasteiger charge is -2.18. The Bertz CT molecular complexity index is 1050. The Morgan fingerprint density at radius 3 is 2.52 bits per heavy atom. The maximum Gasteiger partial charge on any atom is 0.340 e. The highest BCUT2D eigenvalue weighted by Crippen LogP contribution is 2.34. The van der Waals surface area contributed by atoms with Gasteiger partial charge in [0.15, 0.2) is 11.5 Å². The van der Waals surface area contributed by atoms with Crippen LogP contribution in [-0.4, -0.2) is 50.7 Å².